The fourth-order valence-electron chi connectivity index (χ4n) is 3.90. The zero-order valence-corrected chi connectivity index (χ0v) is 13.2. The van der Waals surface area contributed by atoms with Crippen LogP contribution in [0.25, 0.3) is 0 Å². The average Bonchev–Trinajstić information content (AvgIpc) is 3.20. The normalized spacial score (nSPS) is 23.7. The van der Waals surface area contributed by atoms with Gasteiger partial charge in [0.05, 0.1) is 12.2 Å². The monoisotopic (exact) mass is 291 g/mol. The van der Waals surface area contributed by atoms with E-state index in [9.17, 15) is 0 Å². The summed E-state index contributed by atoms with van der Waals surface area (Å²) in [6.45, 7) is 8.39. The molecule has 0 amide bonds. The second-order valence-corrected chi connectivity index (χ2v) is 6.39. The van der Waals surface area contributed by atoms with E-state index in [2.05, 4.69) is 28.0 Å². The molecule has 2 fully saturated rings. The highest BCUT2D eigenvalue weighted by Crippen LogP contribution is 2.26. The van der Waals surface area contributed by atoms with Gasteiger partial charge in [-0.2, -0.15) is 5.10 Å². The molecule has 3 rings (SSSR count). The third kappa shape index (κ3) is 3.30. The Labute approximate surface area is 128 Å². The fourth-order valence-corrected chi connectivity index (χ4v) is 3.90. The van der Waals surface area contributed by atoms with Crippen molar-refractivity contribution < 1.29 is 0 Å². The summed E-state index contributed by atoms with van der Waals surface area (Å²) in [6, 6.07) is 1.18. The Morgan fingerprint density at radius 3 is 2.52 bits per heavy atom. The van der Waals surface area contributed by atoms with Crippen molar-refractivity contribution in [2.75, 3.05) is 32.7 Å². The molecule has 0 spiro atoms. The first kappa shape index (κ1) is 15.0. The maximum atomic E-state index is 6.05. The molecule has 21 heavy (non-hydrogen) atoms. The maximum absolute atomic E-state index is 6.05. The van der Waals surface area contributed by atoms with E-state index in [1.807, 2.05) is 10.9 Å². The summed E-state index contributed by atoms with van der Waals surface area (Å²) in [4.78, 5) is 5.25. The minimum absolute atomic E-state index is 0.330. The molecule has 2 aliphatic rings. The highest BCUT2D eigenvalue weighted by atomic mass is 15.3. The van der Waals surface area contributed by atoms with E-state index >= 15 is 0 Å². The van der Waals surface area contributed by atoms with Gasteiger partial charge in [-0.3, -0.25) is 14.5 Å². The number of rotatable bonds is 5. The summed E-state index contributed by atoms with van der Waals surface area (Å²) in [5.74, 6) is 0. The Morgan fingerprint density at radius 1 is 1.24 bits per heavy atom. The molecule has 0 bridgehead atoms. The van der Waals surface area contributed by atoms with Crippen molar-refractivity contribution in [3.63, 3.8) is 0 Å². The van der Waals surface area contributed by atoms with E-state index in [0.717, 1.165) is 25.7 Å². The molecule has 0 radical (unpaired) electrons. The number of aromatic nitrogens is 2. The van der Waals surface area contributed by atoms with Crippen LogP contribution in [0.2, 0.25) is 0 Å². The van der Waals surface area contributed by atoms with Crippen LogP contribution in [-0.2, 0) is 6.54 Å². The topological polar surface area (TPSA) is 50.3 Å². The predicted molar refractivity (Wildman–Crippen MR) is 85.1 cm³/mol. The van der Waals surface area contributed by atoms with Crippen LogP contribution in [0.5, 0.6) is 0 Å². The molecule has 5 nitrogen and oxygen atoms in total. The van der Waals surface area contributed by atoms with Crippen molar-refractivity contribution in [3.8, 4) is 0 Å². The van der Waals surface area contributed by atoms with Crippen LogP contribution in [0, 0.1) is 0 Å². The van der Waals surface area contributed by atoms with Crippen LogP contribution in [-0.4, -0.2) is 58.3 Å². The Balaban J connectivity index is 1.58. The maximum Gasteiger partial charge on any atom is 0.0538 e. The van der Waals surface area contributed by atoms with Crippen LogP contribution in [0.15, 0.2) is 12.4 Å². The zero-order chi connectivity index (χ0) is 14.7. The minimum Gasteiger partial charge on any atom is -0.329 e. The van der Waals surface area contributed by atoms with Gasteiger partial charge in [0.2, 0.25) is 0 Å². The highest BCUT2D eigenvalue weighted by Gasteiger charge is 2.29. The van der Waals surface area contributed by atoms with Crippen LogP contribution < -0.4 is 5.73 Å². The molecule has 1 aromatic rings. The average molecular weight is 291 g/mol. The quantitative estimate of drug-likeness (QED) is 0.892. The second-order valence-electron chi connectivity index (χ2n) is 6.39. The third-order valence-corrected chi connectivity index (χ3v) is 5.22. The molecule has 2 heterocycles. The first-order valence-corrected chi connectivity index (χ1v) is 8.52. The summed E-state index contributed by atoms with van der Waals surface area (Å²) >= 11 is 0. The zero-order valence-electron chi connectivity index (χ0n) is 13.2. The lowest BCUT2D eigenvalue weighted by Gasteiger charge is -2.41. The van der Waals surface area contributed by atoms with Gasteiger partial charge in [-0.15, -0.1) is 0 Å². The van der Waals surface area contributed by atoms with Crippen LogP contribution in [0.1, 0.15) is 44.2 Å². The number of hydrogen-bond donors (Lipinski definition) is 1. The number of piperazine rings is 1. The number of hydrogen-bond acceptors (Lipinski definition) is 4. The summed E-state index contributed by atoms with van der Waals surface area (Å²) in [5, 5.41) is 4.40. The molecule has 1 aromatic heterocycles. The molecule has 2 N–H and O–H groups in total. The number of nitrogens with two attached hydrogens (primary N) is 1. The van der Waals surface area contributed by atoms with Crippen LogP contribution in [0.4, 0.5) is 0 Å². The molecule has 1 atom stereocenters. The SMILES string of the molecule is CCn1cc(C(CN)N2CCN(C3CCCC3)CC2)cn1. The van der Waals surface area contributed by atoms with Gasteiger partial charge in [0.15, 0.2) is 0 Å². The lowest BCUT2D eigenvalue weighted by Crippen LogP contribution is -2.51. The predicted octanol–water partition coefficient (Wildman–Crippen LogP) is 1.46. The molecule has 5 heteroatoms. The Kier molecular flexibility index (Phi) is 4.93. The lowest BCUT2D eigenvalue weighted by atomic mass is 10.1. The first-order valence-electron chi connectivity index (χ1n) is 8.52. The Hall–Kier alpha value is -0.910. The van der Waals surface area contributed by atoms with E-state index in [1.165, 1.54) is 44.3 Å². The third-order valence-electron chi connectivity index (χ3n) is 5.22. The molecule has 1 aliphatic heterocycles. The summed E-state index contributed by atoms with van der Waals surface area (Å²) in [7, 11) is 0. The van der Waals surface area contributed by atoms with Gasteiger partial charge >= 0.3 is 0 Å². The van der Waals surface area contributed by atoms with E-state index in [1.54, 1.807) is 0 Å². The van der Waals surface area contributed by atoms with Crippen molar-refractivity contribution in [1.29, 1.82) is 0 Å². The summed E-state index contributed by atoms with van der Waals surface area (Å²) in [6.07, 6.45) is 9.80. The molecule has 118 valence electrons. The van der Waals surface area contributed by atoms with E-state index in [-0.39, 0.29) is 0 Å². The van der Waals surface area contributed by atoms with Gasteiger partial charge in [0, 0.05) is 57.1 Å². The van der Waals surface area contributed by atoms with Crippen LogP contribution >= 0.6 is 0 Å². The summed E-state index contributed by atoms with van der Waals surface area (Å²) < 4.78 is 1.99. The van der Waals surface area contributed by atoms with E-state index < -0.39 is 0 Å². The first-order chi connectivity index (χ1) is 10.3. The van der Waals surface area contributed by atoms with Crippen LogP contribution in [0.3, 0.4) is 0 Å². The minimum atomic E-state index is 0.330. The molecule has 1 saturated carbocycles. The Morgan fingerprint density at radius 2 is 1.95 bits per heavy atom. The molecule has 1 unspecified atom stereocenters. The van der Waals surface area contributed by atoms with Gasteiger partial charge in [-0.05, 0) is 19.8 Å². The Bertz CT molecular complexity index is 430. The fraction of sp³-hybridized carbons (Fsp3) is 0.812. The number of aryl methyl sites for hydroxylation is 1. The van der Waals surface area contributed by atoms with E-state index in [0.29, 0.717) is 12.6 Å². The molecule has 0 aromatic carbocycles. The molecular weight excluding hydrogens is 262 g/mol. The van der Waals surface area contributed by atoms with Crippen molar-refractivity contribution in [1.82, 2.24) is 19.6 Å². The second kappa shape index (κ2) is 6.90. The standard InChI is InChI=1S/C16H29N5/c1-2-21-13-14(12-18-21)16(11-17)20-9-7-19(8-10-20)15-5-3-4-6-15/h12-13,15-16H,2-11,17H2,1H3. The smallest absolute Gasteiger partial charge is 0.0538 e. The van der Waals surface area contributed by atoms with Crippen molar-refractivity contribution >= 4 is 0 Å². The molecule has 1 saturated heterocycles. The van der Waals surface area contributed by atoms with Gasteiger partial charge in [-0.25, -0.2) is 0 Å². The lowest BCUT2D eigenvalue weighted by molar-refractivity contribution is 0.0722. The van der Waals surface area contributed by atoms with Crippen molar-refractivity contribution in [2.45, 2.75) is 51.2 Å². The van der Waals surface area contributed by atoms with E-state index in [4.69, 9.17) is 5.73 Å². The van der Waals surface area contributed by atoms with Gasteiger partial charge in [0.25, 0.3) is 0 Å². The van der Waals surface area contributed by atoms with Gasteiger partial charge in [0.1, 0.15) is 0 Å². The molecule has 1 aliphatic carbocycles. The largest absolute Gasteiger partial charge is 0.329 e. The highest BCUT2D eigenvalue weighted by molar-refractivity contribution is 5.11. The van der Waals surface area contributed by atoms with Crippen molar-refractivity contribution in [2.24, 2.45) is 5.73 Å². The number of nitrogens with zero attached hydrogens (tertiary/aromatic N) is 4. The van der Waals surface area contributed by atoms with Crippen molar-refractivity contribution in [3.05, 3.63) is 18.0 Å². The van der Waals surface area contributed by atoms with Gasteiger partial charge < -0.3 is 5.73 Å². The molecular formula is C16H29N5. The summed E-state index contributed by atoms with van der Waals surface area (Å²) in [5.41, 5.74) is 7.32. The van der Waals surface area contributed by atoms with Gasteiger partial charge in [-0.1, -0.05) is 12.8 Å².